The minimum atomic E-state index is -0.694. The van der Waals surface area contributed by atoms with E-state index in [1.807, 2.05) is 17.5 Å². The number of thiophene rings is 1. The molecule has 2 aromatic rings. The summed E-state index contributed by atoms with van der Waals surface area (Å²) in [7, 11) is 0. The summed E-state index contributed by atoms with van der Waals surface area (Å²) in [6.45, 7) is 0.354. The van der Waals surface area contributed by atoms with E-state index in [1.54, 1.807) is 17.6 Å². The molecule has 1 fully saturated rings. The van der Waals surface area contributed by atoms with Crippen LogP contribution in [0.1, 0.15) is 31.4 Å². The quantitative estimate of drug-likeness (QED) is 0.905. The highest BCUT2D eigenvalue weighted by Crippen LogP contribution is 2.27. The smallest absolute Gasteiger partial charge is 0.240 e. The molecule has 2 aromatic heterocycles. The van der Waals surface area contributed by atoms with E-state index in [4.69, 9.17) is 10.2 Å². The van der Waals surface area contributed by atoms with Crippen molar-refractivity contribution in [1.29, 1.82) is 0 Å². The largest absolute Gasteiger partial charge is 0.443 e. The number of aromatic nitrogens is 1. The Morgan fingerprint density at radius 1 is 1.50 bits per heavy atom. The van der Waals surface area contributed by atoms with Crippen molar-refractivity contribution >= 4 is 17.2 Å². The van der Waals surface area contributed by atoms with Crippen LogP contribution in [0.15, 0.2) is 28.2 Å². The zero-order chi connectivity index (χ0) is 14.0. The van der Waals surface area contributed by atoms with Gasteiger partial charge in [-0.3, -0.25) is 4.79 Å². The van der Waals surface area contributed by atoms with Crippen molar-refractivity contribution in [2.45, 2.75) is 37.8 Å². The van der Waals surface area contributed by atoms with Gasteiger partial charge < -0.3 is 15.5 Å². The van der Waals surface area contributed by atoms with Crippen molar-refractivity contribution in [1.82, 2.24) is 10.3 Å². The first-order chi connectivity index (χ1) is 9.67. The summed E-state index contributed by atoms with van der Waals surface area (Å²) in [6, 6.07) is 3.90. The van der Waals surface area contributed by atoms with Gasteiger partial charge in [-0.2, -0.15) is 0 Å². The van der Waals surface area contributed by atoms with E-state index in [2.05, 4.69) is 10.3 Å². The summed E-state index contributed by atoms with van der Waals surface area (Å²) in [6.07, 6.45) is 5.15. The number of nitrogens with zero attached hydrogens (tertiary/aromatic N) is 1. The molecule has 0 aromatic carbocycles. The van der Waals surface area contributed by atoms with Gasteiger partial charge in [0.2, 0.25) is 11.8 Å². The van der Waals surface area contributed by atoms with Gasteiger partial charge in [-0.1, -0.05) is 18.9 Å². The lowest BCUT2D eigenvalue weighted by Gasteiger charge is -2.21. The average Bonchev–Trinajstić information content (AvgIpc) is 3.17. The molecule has 20 heavy (non-hydrogen) atoms. The van der Waals surface area contributed by atoms with Crippen LogP contribution in [0.3, 0.4) is 0 Å². The molecule has 1 aliphatic rings. The Kier molecular flexibility index (Phi) is 3.58. The maximum absolute atomic E-state index is 12.1. The summed E-state index contributed by atoms with van der Waals surface area (Å²) in [4.78, 5) is 17.4. The number of amides is 1. The molecule has 3 N–H and O–H groups in total. The van der Waals surface area contributed by atoms with Crippen molar-refractivity contribution < 1.29 is 9.21 Å². The van der Waals surface area contributed by atoms with Crippen molar-refractivity contribution in [2.24, 2.45) is 5.73 Å². The lowest BCUT2D eigenvalue weighted by molar-refractivity contribution is -0.126. The minimum Gasteiger partial charge on any atom is -0.443 e. The highest BCUT2D eigenvalue weighted by atomic mass is 32.1. The second-order valence-electron chi connectivity index (χ2n) is 5.17. The molecular weight excluding hydrogens is 274 g/mol. The van der Waals surface area contributed by atoms with Crippen LogP contribution < -0.4 is 11.1 Å². The third-order valence-corrected chi connectivity index (χ3v) is 4.52. The van der Waals surface area contributed by atoms with Gasteiger partial charge in [-0.25, -0.2) is 4.98 Å². The average molecular weight is 291 g/mol. The van der Waals surface area contributed by atoms with Gasteiger partial charge in [-0.05, 0) is 24.3 Å². The summed E-state index contributed by atoms with van der Waals surface area (Å²) < 4.78 is 5.41. The highest BCUT2D eigenvalue weighted by Gasteiger charge is 2.36. The zero-order valence-corrected chi connectivity index (χ0v) is 11.9. The molecule has 1 aliphatic carbocycles. The Bertz CT molecular complexity index is 585. The molecule has 2 heterocycles. The fraction of sp³-hybridized carbons (Fsp3) is 0.429. The number of nitrogens with two attached hydrogens (primary N) is 1. The molecule has 0 spiro atoms. The van der Waals surface area contributed by atoms with E-state index >= 15 is 0 Å². The fourth-order valence-electron chi connectivity index (χ4n) is 2.48. The summed E-state index contributed by atoms with van der Waals surface area (Å²) >= 11 is 1.57. The van der Waals surface area contributed by atoms with E-state index in [0.717, 1.165) is 30.6 Å². The monoisotopic (exact) mass is 291 g/mol. The molecule has 0 atom stereocenters. The lowest BCUT2D eigenvalue weighted by atomic mass is 9.98. The number of nitrogens with one attached hydrogen (secondary N) is 1. The third-order valence-electron chi connectivity index (χ3n) is 3.66. The van der Waals surface area contributed by atoms with Gasteiger partial charge >= 0.3 is 0 Å². The maximum Gasteiger partial charge on any atom is 0.240 e. The summed E-state index contributed by atoms with van der Waals surface area (Å²) in [5, 5.41) is 4.83. The molecule has 0 unspecified atom stereocenters. The van der Waals surface area contributed by atoms with Gasteiger partial charge in [0.15, 0.2) is 0 Å². The third kappa shape index (κ3) is 2.62. The minimum absolute atomic E-state index is 0.0873. The fourth-order valence-corrected chi connectivity index (χ4v) is 3.14. The normalized spacial score (nSPS) is 17.2. The lowest BCUT2D eigenvalue weighted by Crippen LogP contribution is -2.51. The van der Waals surface area contributed by atoms with Crippen LogP contribution in [0, 0.1) is 0 Å². The first-order valence-electron chi connectivity index (χ1n) is 6.73. The molecule has 5 nitrogen and oxygen atoms in total. The van der Waals surface area contributed by atoms with Crippen LogP contribution in [0.2, 0.25) is 0 Å². The molecule has 3 rings (SSSR count). The second-order valence-corrected chi connectivity index (χ2v) is 6.11. The predicted molar refractivity (Wildman–Crippen MR) is 77.0 cm³/mol. The molecule has 0 aliphatic heterocycles. The second kappa shape index (κ2) is 5.38. The molecule has 1 amide bonds. The molecule has 0 bridgehead atoms. The Morgan fingerprint density at radius 3 is 3.00 bits per heavy atom. The number of hydrogen-bond donors (Lipinski definition) is 2. The molecule has 1 saturated carbocycles. The standard InChI is InChI=1S/C14H17N3O2S/c15-14(5-1-2-6-14)13(18)16-8-10-9-19-12(17-10)11-4-3-7-20-11/h3-4,7,9H,1-2,5-6,8,15H2,(H,16,18). The Morgan fingerprint density at radius 2 is 2.30 bits per heavy atom. The highest BCUT2D eigenvalue weighted by molar-refractivity contribution is 7.13. The van der Waals surface area contributed by atoms with E-state index in [0.29, 0.717) is 18.1 Å². The molecule has 6 heteroatoms. The molecule has 106 valence electrons. The van der Waals surface area contributed by atoms with E-state index in [9.17, 15) is 4.79 Å². The van der Waals surface area contributed by atoms with E-state index in [1.165, 1.54) is 0 Å². The van der Waals surface area contributed by atoms with Crippen molar-refractivity contribution in [3.05, 3.63) is 29.5 Å². The number of oxazole rings is 1. The Hall–Kier alpha value is -1.66. The first-order valence-corrected chi connectivity index (χ1v) is 7.61. The molecular formula is C14H17N3O2S. The number of carbonyl (C=O) groups is 1. The van der Waals surface area contributed by atoms with Gasteiger partial charge in [0, 0.05) is 0 Å². The zero-order valence-electron chi connectivity index (χ0n) is 11.1. The van der Waals surface area contributed by atoms with Crippen LogP contribution >= 0.6 is 11.3 Å². The molecule has 0 saturated heterocycles. The first kappa shape index (κ1) is 13.3. The Labute approximate surface area is 121 Å². The maximum atomic E-state index is 12.1. The van der Waals surface area contributed by atoms with Crippen LogP contribution in [-0.2, 0) is 11.3 Å². The SMILES string of the molecule is NC1(C(=O)NCc2coc(-c3cccs3)n2)CCCC1. The van der Waals surface area contributed by atoms with Crippen molar-refractivity contribution in [2.75, 3.05) is 0 Å². The van der Waals surface area contributed by atoms with Crippen LogP contribution in [0.25, 0.3) is 10.8 Å². The van der Waals surface area contributed by atoms with Crippen LogP contribution in [0.5, 0.6) is 0 Å². The number of hydrogen-bond acceptors (Lipinski definition) is 5. The van der Waals surface area contributed by atoms with E-state index < -0.39 is 5.54 Å². The van der Waals surface area contributed by atoms with Crippen LogP contribution in [-0.4, -0.2) is 16.4 Å². The predicted octanol–water partition coefficient (Wildman–Crippen LogP) is 2.29. The number of rotatable bonds is 4. The summed E-state index contributed by atoms with van der Waals surface area (Å²) in [5.74, 6) is 0.503. The van der Waals surface area contributed by atoms with Gasteiger partial charge in [0.05, 0.1) is 22.7 Å². The summed E-state index contributed by atoms with van der Waals surface area (Å²) in [5.41, 5.74) is 6.11. The van der Waals surface area contributed by atoms with Crippen molar-refractivity contribution in [3.63, 3.8) is 0 Å². The van der Waals surface area contributed by atoms with E-state index in [-0.39, 0.29) is 5.91 Å². The topological polar surface area (TPSA) is 81.2 Å². The van der Waals surface area contributed by atoms with Gasteiger partial charge in [0.1, 0.15) is 6.26 Å². The Balaban J connectivity index is 1.60. The number of carbonyl (C=O) groups excluding carboxylic acids is 1. The van der Waals surface area contributed by atoms with Crippen molar-refractivity contribution in [3.8, 4) is 10.8 Å². The van der Waals surface area contributed by atoms with Crippen LogP contribution in [0.4, 0.5) is 0 Å². The van der Waals surface area contributed by atoms with Gasteiger partial charge in [-0.15, -0.1) is 11.3 Å². The van der Waals surface area contributed by atoms with Gasteiger partial charge in [0.25, 0.3) is 0 Å². The molecule has 0 radical (unpaired) electrons.